The smallest absolute Gasteiger partial charge is 0.318 e. The van der Waals surface area contributed by atoms with Crippen LogP contribution < -0.4 is 21.5 Å². The van der Waals surface area contributed by atoms with E-state index in [1.54, 1.807) is 6.07 Å². The van der Waals surface area contributed by atoms with Crippen LogP contribution in [-0.2, 0) is 4.79 Å². The highest BCUT2D eigenvalue weighted by Crippen LogP contribution is 2.24. The van der Waals surface area contributed by atoms with E-state index < -0.39 is 11.9 Å². The zero-order valence-electron chi connectivity index (χ0n) is 10.4. The van der Waals surface area contributed by atoms with Crippen LogP contribution in [0.25, 0.3) is 0 Å². The number of nitrogens with two attached hydrogens (primary N) is 2. The molecule has 0 unspecified atom stereocenters. The molecule has 0 aromatic heterocycles. The first-order valence-corrected chi connectivity index (χ1v) is 5.48. The van der Waals surface area contributed by atoms with Crippen molar-refractivity contribution in [1.82, 2.24) is 5.32 Å². The van der Waals surface area contributed by atoms with Crippen molar-refractivity contribution in [2.24, 2.45) is 11.5 Å². The van der Waals surface area contributed by atoms with Gasteiger partial charge in [-0.05, 0) is 25.5 Å². The molecule has 0 radical (unpaired) electrons. The number of urea groups is 1. The molecule has 0 fully saturated rings. The molecule has 0 saturated heterocycles. The lowest BCUT2D eigenvalue weighted by Gasteiger charge is -2.14. The number of ether oxygens (including phenoxy) is 1. The van der Waals surface area contributed by atoms with Crippen LogP contribution in [-0.4, -0.2) is 18.5 Å². The molecular weight excluding hydrogens is 234 g/mol. The van der Waals surface area contributed by atoms with Crippen LogP contribution >= 0.6 is 0 Å². The topological polar surface area (TPSA) is 107 Å². The van der Waals surface area contributed by atoms with Gasteiger partial charge in [-0.3, -0.25) is 10.1 Å². The Kier molecular flexibility index (Phi) is 4.67. The van der Waals surface area contributed by atoms with Crippen LogP contribution in [0.15, 0.2) is 18.2 Å². The van der Waals surface area contributed by atoms with Crippen LogP contribution in [0.3, 0.4) is 0 Å². The number of carbonyl (C=O) groups is 2. The molecule has 5 N–H and O–H groups in total. The van der Waals surface area contributed by atoms with E-state index in [1.165, 1.54) is 0 Å². The lowest BCUT2D eigenvalue weighted by atomic mass is 10.1. The van der Waals surface area contributed by atoms with E-state index in [-0.39, 0.29) is 12.6 Å². The maximum Gasteiger partial charge on any atom is 0.318 e. The molecule has 0 spiro atoms. The Morgan fingerprint density at radius 1 is 1.44 bits per heavy atom. The first kappa shape index (κ1) is 14.0. The molecule has 0 heterocycles. The van der Waals surface area contributed by atoms with Gasteiger partial charge in [0.15, 0.2) is 6.61 Å². The van der Waals surface area contributed by atoms with Crippen molar-refractivity contribution < 1.29 is 14.3 Å². The molecule has 1 aromatic carbocycles. The number of nitrogens with one attached hydrogen (secondary N) is 1. The average Bonchev–Trinajstić information content (AvgIpc) is 2.25. The highest BCUT2D eigenvalue weighted by Gasteiger charge is 2.11. The summed E-state index contributed by atoms with van der Waals surface area (Å²) >= 11 is 0. The summed E-state index contributed by atoms with van der Waals surface area (Å²) in [6, 6.07) is 4.44. The van der Waals surface area contributed by atoms with Gasteiger partial charge in [-0.15, -0.1) is 0 Å². The van der Waals surface area contributed by atoms with Crippen molar-refractivity contribution in [3.8, 4) is 5.75 Å². The monoisotopic (exact) mass is 251 g/mol. The van der Waals surface area contributed by atoms with Crippen molar-refractivity contribution in [3.05, 3.63) is 29.3 Å². The Labute approximate surface area is 105 Å². The third kappa shape index (κ3) is 4.06. The number of amides is 3. The number of imide groups is 1. The summed E-state index contributed by atoms with van der Waals surface area (Å²) in [5, 5.41) is 1.92. The van der Waals surface area contributed by atoms with Crippen LogP contribution in [0.1, 0.15) is 24.1 Å². The Morgan fingerprint density at radius 3 is 2.67 bits per heavy atom. The molecule has 0 aliphatic heterocycles. The standard InChI is InChI=1S/C12H17N3O3/c1-7-3-4-9(8(2)13)10(5-7)18-6-11(16)15-12(14)17/h3-5,8H,6,13H2,1-2H3,(H3,14,15,16,17)/t8-/m0/s1. The normalized spacial score (nSPS) is 11.7. The fraction of sp³-hybridized carbons (Fsp3) is 0.333. The molecule has 0 bridgehead atoms. The van der Waals surface area contributed by atoms with Crippen molar-refractivity contribution in [1.29, 1.82) is 0 Å². The van der Waals surface area contributed by atoms with Crippen molar-refractivity contribution in [3.63, 3.8) is 0 Å². The fourth-order valence-corrected chi connectivity index (χ4v) is 1.46. The Bertz CT molecular complexity index is 458. The summed E-state index contributed by atoms with van der Waals surface area (Å²) in [5.74, 6) is -0.0655. The Hall–Kier alpha value is -2.08. The van der Waals surface area contributed by atoms with Gasteiger partial charge in [0.05, 0.1) is 0 Å². The van der Waals surface area contributed by atoms with Crippen LogP contribution in [0, 0.1) is 6.92 Å². The average molecular weight is 251 g/mol. The summed E-state index contributed by atoms with van der Waals surface area (Å²) in [5.41, 5.74) is 12.4. The van der Waals surface area contributed by atoms with Gasteiger partial charge in [0.1, 0.15) is 5.75 Å². The second kappa shape index (κ2) is 6.02. The summed E-state index contributed by atoms with van der Waals surface area (Å²) in [4.78, 5) is 21.7. The summed E-state index contributed by atoms with van der Waals surface area (Å²) in [7, 11) is 0. The van der Waals surface area contributed by atoms with E-state index >= 15 is 0 Å². The molecular formula is C12H17N3O3. The predicted molar refractivity (Wildman–Crippen MR) is 67.0 cm³/mol. The molecule has 6 heteroatoms. The van der Waals surface area contributed by atoms with E-state index in [1.807, 2.05) is 31.3 Å². The van der Waals surface area contributed by atoms with Gasteiger partial charge in [-0.1, -0.05) is 12.1 Å². The van der Waals surface area contributed by atoms with E-state index in [9.17, 15) is 9.59 Å². The summed E-state index contributed by atoms with van der Waals surface area (Å²) < 4.78 is 5.34. The molecule has 0 aliphatic rings. The Balaban J connectivity index is 2.74. The number of hydrogen-bond acceptors (Lipinski definition) is 4. The summed E-state index contributed by atoms with van der Waals surface area (Å²) in [6.45, 7) is 3.44. The molecule has 3 amide bonds. The van der Waals surface area contributed by atoms with Crippen molar-refractivity contribution >= 4 is 11.9 Å². The SMILES string of the molecule is Cc1ccc([C@H](C)N)c(OCC(=O)NC(N)=O)c1. The molecule has 1 atom stereocenters. The zero-order chi connectivity index (χ0) is 13.7. The van der Waals surface area contributed by atoms with Gasteiger partial charge in [-0.2, -0.15) is 0 Å². The molecule has 1 rings (SSSR count). The molecule has 0 saturated carbocycles. The second-order valence-corrected chi connectivity index (χ2v) is 4.03. The highest BCUT2D eigenvalue weighted by atomic mass is 16.5. The van der Waals surface area contributed by atoms with Gasteiger partial charge in [0, 0.05) is 11.6 Å². The molecule has 18 heavy (non-hydrogen) atoms. The van der Waals surface area contributed by atoms with Gasteiger partial charge in [0.2, 0.25) is 0 Å². The van der Waals surface area contributed by atoms with Crippen molar-refractivity contribution in [2.75, 3.05) is 6.61 Å². The van der Waals surface area contributed by atoms with Crippen LogP contribution in [0.4, 0.5) is 4.79 Å². The molecule has 6 nitrogen and oxygen atoms in total. The van der Waals surface area contributed by atoms with Crippen LogP contribution in [0.5, 0.6) is 5.75 Å². The lowest BCUT2D eigenvalue weighted by molar-refractivity contribution is -0.121. The molecule has 1 aromatic rings. The maximum absolute atomic E-state index is 11.2. The predicted octanol–water partition coefficient (Wildman–Crippen LogP) is 0.588. The second-order valence-electron chi connectivity index (χ2n) is 4.03. The Morgan fingerprint density at radius 2 is 2.11 bits per heavy atom. The molecule has 0 aliphatic carbocycles. The lowest BCUT2D eigenvalue weighted by Crippen LogP contribution is -2.38. The minimum absolute atomic E-state index is 0.209. The molecule has 98 valence electrons. The van der Waals surface area contributed by atoms with Gasteiger partial charge < -0.3 is 16.2 Å². The first-order chi connectivity index (χ1) is 8.40. The zero-order valence-corrected chi connectivity index (χ0v) is 10.4. The number of benzene rings is 1. The largest absolute Gasteiger partial charge is 0.483 e. The number of hydrogen-bond donors (Lipinski definition) is 3. The van der Waals surface area contributed by atoms with Gasteiger partial charge in [-0.25, -0.2) is 4.79 Å². The number of carbonyl (C=O) groups excluding carboxylic acids is 2. The minimum Gasteiger partial charge on any atom is -0.483 e. The first-order valence-electron chi connectivity index (χ1n) is 5.48. The highest BCUT2D eigenvalue weighted by molar-refractivity contribution is 5.94. The van der Waals surface area contributed by atoms with E-state index in [0.29, 0.717) is 5.75 Å². The van der Waals surface area contributed by atoms with Crippen molar-refractivity contribution in [2.45, 2.75) is 19.9 Å². The number of primary amides is 1. The maximum atomic E-state index is 11.2. The van der Waals surface area contributed by atoms with E-state index in [0.717, 1.165) is 11.1 Å². The van der Waals surface area contributed by atoms with Gasteiger partial charge in [0.25, 0.3) is 5.91 Å². The summed E-state index contributed by atoms with van der Waals surface area (Å²) in [6.07, 6.45) is 0. The van der Waals surface area contributed by atoms with Gasteiger partial charge >= 0.3 is 6.03 Å². The van der Waals surface area contributed by atoms with E-state index in [4.69, 9.17) is 16.2 Å². The van der Waals surface area contributed by atoms with Crippen LogP contribution in [0.2, 0.25) is 0 Å². The van der Waals surface area contributed by atoms with E-state index in [2.05, 4.69) is 0 Å². The third-order valence-corrected chi connectivity index (χ3v) is 2.28. The quantitative estimate of drug-likeness (QED) is 0.727. The fourth-order valence-electron chi connectivity index (χ4n) is 1.46. The number of rotatable bonds is 4. The number of aryl methyl sites for hydroxylation is 1. The minimum atomic E-state index is -0.903. The third-order valence-electron chi connectivity index (χ3n) is 2.28.